The molecule has 0 radical (unpaired) electrons. The standard InChI is InChI=1S/C17H17N3O5S/c1-24-13-7-8-16(15(9-13)25-2)26(22,23)19-11-17(21)20-14-6-4-3-5-12(14)10-18/h3-9,19H,11H2,1-2H3,(H,20,21). The predicted octanol–water partition coefficient (Wildman–Crippen LogP) is 1.49. The Morgan fingerprint density at radius 1 is 1.15 bits per heavy atom. The number of ether oxygens (including phenoxy) is 2. The fraction of sp³-hybridized carbons (Fsp3) is 0.176. The van der Waals surface area contributed by atoms with Gasteiger partial charge in [-0.15, -0.1) is 0 Å². The topological polar surface area (TPSA) is 118 Å². The van der Waals surface area contributed by atoms with Crippen molar-refractivity contribution in [2.24, 2.45) is 0 Å². The molecule has 0 aliphatic rings. The highest BCUT2D eigenvalue weighted by molar-refractivity contribution is 7.89. The molecule has 0 saturated carbocycles. The van der Waals surface area contributed by atoms with Crippen LogP contribution in [0, 0.1) is 11.3 Å². The smallest absolute Gasteiger partial charge is 0.244 e. The Hall–Kier alpha value is -3.09. The van der Waals surface area contributed by atoms with Crippen molar-refractivity contribution in [1.82, 2.24) is 4.72 Å². The Labute approximate surface area is 151 Å². The van der Waals surface area contributed by atoms with Crippen LogP contribution in [0.2, 0.25) is 0 Å². The van der Waals surface area contributed by atoms with Crippen LogP contribution < -0.4 is 19.5 Å². The first kappa shape index (κ1) is 19.2. The summed E-state index contributed by atoms with van der Waals surface area (Å²) in [5, 5.41) is 11.5. The second-order valence-corrected chi connectivity index (χ2v) is 6.78. The number of para-hydroxylation sites is 1. The fourth-order valence-electron chi connectivity index (χ4n) is 2.12. The van der Waals surface area contributed by atoms with Crippen LogP contribution in [0.4, 0.5) is 5.69 Å². The van der Waals surface area contributed by atoms with Crippen LogP contribution in [-0.4, -0.2) is 35.1 Å². The molecule has 0 atom stereocenters. The zero-order valence-electron chi connectivity index (χ0n) is 14.1. The van der Waals surface area contributed by atoms with E-state index in [1.807, 2.05) is 6.07 Å². The normalized spacial score (nSPS) is 10.7. The van der Waals surface area contributed by atoms with Crippen LogP contribution in [0.25, 0.3) is 0 Å². The number of nitriles is 1. The van der Waals surface area contributed by atoms with Crippen molar-refractivity contribution in [3.05, 3.63) is 48.0 Å². The van der Waals surface area contributed by atoms with Gasteiger partial charge < -0.3 is 14.8 Å². The summed E-state index contributed by atoms with van der Waals surface area (Å²) >= 11 is 0. The van der Waals surface area contributed by atoms with E-state index in [2.05, 4.69) is 10.0 Å². The molecule has 2 aromatic rings. The van der Waals surface area contributed by atoms with E-state index >= 15 is 0 Å². The predicted molar refractivity (Wildman–Crippen MR) is 94.5 cm³/mol. The summed E-state index contributed by atoms with van der Waals surface area (Å²) in [6, 6.07) is 12.6. The molecular weight excluding hydrogens is 358 g/mol. The molecule has 0 spiro atoms. The van der Waals surface area contributed by atoms with E-state index in [1.165, 1.54) is 32.4 Å². The Bertz CT molecular complexity index is 951. The number of anilines is 1. The monoisotopic (exact) mass is 375 g/mol. The minimum absolute atomic E-state index is 0.0899. The Morgan fingerprint density at radius 2 is 1.88 bits per heavy atom. The second kappa shape index (κ2) is 8.33. The number of nitrogens with zero attached hydrogens (tertiary/aromatic N) is 1. The maximum atomic E-state index is 12.4. The highest BCUT2D eigenvalue weighted by atomic mass is 32.2. The van der Waals surface area contributed by atoms with Crippen molar-refractivity contribution in [1.29, 1.82) is 5.26 Å². The van der Waals surface area contributed by atoms with Crippen LogP contribution in [0.15, 0.2) is 47.4 Å². The average Bonchev–Trinajstić information content (AvgIpc) is 2.66. The number of hydrogen-bond donors (Lipinski definition) is 2. The molecule has 0 heterocycles. The SMILES string of the molecule is COc1ccc(S(=O)(=O)NCC(=O)Nc2ccccc2C#N)c(OC)c1. The van der Waals surface area contributed by atoms with Crippen LogP contribution in [0.5, 0.6) is 11.5 Å². The number of rotatable bonds is 7. The molecule has 0 unspecified atom stereocenters. The lowest BCUT2D eigenvalue weighted by Crippen LogP contribution is -2.33. The zero-order valence-corrected chi connectivity index (χ0v) is 15.0. The third kappa shape index (κ3) is 4.50. The molecule has 0 saturated heterocycles. The third-order valence-electron chi connectivity index (χ3n) is 3.40. The van der Waals surface area contributed by atoms with Crippen LogP contribution in [0.3, 0.4) is 0 Å². The van der Waals surface area contributed by atoms with Crippen molar-refractivity contribution in [2.45, 2.75) is 4.90 Å². The number of nitrogens with one attached hydrogen (secondary N) is 2. The first-order valence-electron chi connectivity index (χ1n) is 7.42. The molecule has 0 bridgehead atoms. The number of sulfonamides is 1. The number of hydrogen-bond acceptors (Lipinski definition) is 6. The molecule has 9 heteroatoms. The minimum Gasteiger partial charge on any atom is -0.497 e. The van der Waals surface area contributed by atoms with Crippen LogP contribution in [-0.2, 0) is 14.8 Å². The molecule has 2 rings (SSSR count). The van der Waals surface area contributed by atoms with Gasteiger partial charge in [0, 0.05) is 6.07 Å². The van der Waals surface area contributed by atoms with Crippen molar-refractivity contribution in [3.63, 3.8) is 0 Å². The number of carbonyl (C=O) groups excluding carboxylic acids is 1. The molecule has 0 fully saturated rings. The van der Waals surface area contributed by atoms with Crippen molar-refractivity contribution >= 4 is 21.6 Å². The molecule has 0 aromatic heterocycles. The first-order valence-corrected chi connectivity index (χ1v) is 8.90. The van der Waals surface area contributed by atoms with Gasteiger partial charge in [-0.25, -0.2) is 13.1 Å². The largest absolute Gasteiger partial charge is 0.497 e. The summed E-state index contributed by atoms with van der Waals surface area (Å²) in [6.45, 7) is -0.503. The number of benzene rings is 2. The van der Waals surface area contributed by atoms with E-state index in [1.54, 1.807) is 24.3 Å². The third-order valence-corrected chi connectivity index (χ3v) is 4.85. The summed E-state index contributed by atoms with van der Waals surface area (Å²) in [5.74, 6) is -0.0810. The highest BCUT2D eigenvalue weighted by Gasteiger charge is 2.21. The lowest BCUT2D eigenvalue weighted by Gasteiger charge is -2.12. The van der Waals surface area contributed by atoms with Gasteiger partial charge in [0.25, 0.3) is 0 Å². The Kier molecular flexibility index (Phi) is 6.16. The Balaban J connectivity index is 2.11. The summed E-state index contributed by atoms with van der Waals surface area (Å²) in [6.07, 6.45) is 0. The molecule has 2 N–H and O–H groups in total. The van der Waals surface area contributed by atoms with E-state index < -0.39 is 22.5 Å². The van der Waals surface area contributed by atoms with Gasteiger partial charge in [0.2, 0.25) is 15.9 Å². The van der Waals surface area contributed by atoms with Gasteiger partial charge in [-0.3, -0.25) is 4.79 Å². The summed E-state index contributed by atoms with van der Waals surface area (Å²) in [7, 11) is -1.21. The van der Waals surface area contributed by atoms with Crippen molar-refractivity contribution in [2.75, 3.05) is 26.1 Å². The lowest BCUT2D eigenvalue weighted by molar-refractivity contribution is -0.115. The zero-order chi connectivity index (χ0) is 19.2. The molecular formula is C17H17N3O5S. The highest BCUT2D eigenvalue weighted by Crippen LogP contribution is 2.28. The molecule has 0 aliphatic heterocycles. The summed E-state index contributed by atoms with van der Waals surface area (Å²) in [4.78, 5) is 11.9. The summed E-state index contributed by atoms with van der Waals surface area (Å²) in [5.41, 5.74) is 0.585. The summed E-state index contributed by atoms with van der Waals surface area (Å²) < 4.78 is 37.2. The average molecular weight is 375 g/mol. The quantitative estimate of drug-likeness (QED) is 0.757. The van der Waals surface area contributed by atoms with Crippen LogP contribution >= 0.6 is 0 Å². The molecule has 1 amide bonds. The minimum atomic E-state index is -3.99. The van der Waals surface area contributed by atoms with Gasteiger partial charge in [0.1, 0.15) is 22.5 Å². The van der Waals surface area contributed by atoms with Gasteiger partial charge in [-0.2, -0.15) is 5.26 Å². The van der Waals surface area contributed by atoms with E-state index in [0.717, 1.165) is 0 Å². The molecule has 0 aliphatic carbocycles. The second-order valence-electron chi connectivity index (χ2n) is 5.05. The lowest BCUT2D eigenvalue weighted by atomic mass is 10.2. The maximum absolute atomic E-state index is 12.4. The van der Waals surface area contributed by atoms with Gasteiger partial charge in [0.15, 0.2) is 0 Å². The molecule has 26 heavy (non-hydrogen) atoms. The molecule has 8 nitrogen and oxygen atoms in total. The van der Waals surface area contributed by atoms with Gasteiger partial charge in [-0.1, -0.05) is 12.1 Å². The van der Waals surface area contributed by atoms with Gasteiger partial charge in [0.05, 0.1) is 32.0 Å². The Morgan fingerprint density at radius 3 is 2.54 bits per heavy atom. The van der Waals surface area contributed by atoms with E-state index in [9.17, 15) is 13.2 Å². The number of carbonyl (C=O) groups is 1. The fourth-order valence-corrected chi connectivity index (χ4v) is 3.25. The van der Waals surface area contributed by atoms with Crippen molar-refractivity contribution < 1.29 is 22.7 Å². The van der Waals surface area contributed by atoms with E-state index in [4.69, 9.17) is 14.7 Å². The molecule has 2 aromatic carbocycles. The maximum Gasteiger partial charge on any atom is 0.244 e. The first-order chi connectivity index (χ1) is 12.4. The molecule has 136 valence electrons. The van der Waals surface area contributed by atoms with Gasteiger partial charge in [-0.05, 0) is 24.3 Å². The van der Waals surface area contributed by atoms with E-state index in [-0.39, 0.29) is 16.2 Å². The van der Waals surface area contributed by atoms with E-state index in [0.29, 0.717) is 11.4 Å². The number of amides is 1. The van der Waals surface area contributed by atoms with Crippen LogP contribution in [0.1, 0.15) is 5.56 Å². The number of methoxy groups -OCH3 is 2. The van der Waals surface area contributed by atoms with Crippen molar-refractivity contribution in [3.8, 4) is 17.6 Å². The van der Waals surface area contributed by atoms with Gasteiger partial charge >= 0.3 is 0 Å².